The summed E-state index contributed by atoms with van der Waals surface area (Å²) in [4.78, 5) is 0. The number of rotatable bonds is 5. The van der Waals surface area contributed by atoms with E-state index in [1.807, 2.05) is 13.0 Å². The molecule has 0 saturated carbocycles. The number of nitrogens with zero attached hydrogens (tertiary/aromatic N) is 3. The Morgan fingerprint density at radius 1 is 1.28 bits per heavy atom. The van der Waals surface area contributed by atoms with Gasteiger partial charge in [-0.05, 0) is 31.0 Å². The molecule has 1 heterocycles. The first-order chi connectivity index (χ1) is 8.76. The molecule has 0 bridgehead atoms. The van der Waals surface area contributed by atoms with E-state index in [0.29, 0.717) is 0 Å². The molecule has 1 aromatic carbocycles. The second kappa shape index (κ2) is 5.87. The first-order valence-electron chi connectivity index (χ1n) is 6.01. The van der Waals surface area contributed by atoms with Gasteiger partial charge in [-0.1, -0.05) is 36.9 Å². The van der Waals surface area contributed by atoms with E-state index in [4.69, 9.17) is 0 Å². The summed E-state index contributed by atoms with van der Waals surface area (Å²) in [5.74, 6) is 1.75. The summed E-state index contributed by atoms with van der Waals surface area (Å²) in [7, 11) is 0. The second-order valence-electron chi connectivity index (χ2n) is 3.98. The lowest BCUT2D eigenvalue weighted by atomic mass is 10.1. The van der Waals surface area contributed by atoms with Gasteiger partial charge in [-0.3, -0.25) is 4.57 Å². The average Bonchev–Trinajstić information content (AvgIpc) is 2.77. The van der Waals surface area contributed by atoms with Crippen LogP contribution in [0.25, 0.3) is 5.69 Å². The molecule has 3 nitrogen and oxygen atoms in total. The van der Waals surface area contributed by atoms with Crippen LogP contribution in [0.5, 0.6) is 0 Å². The Kier molecular flexibility index (Phi) is 4.20. The number of hydrogen-bond donors (Lipinski definition) is 0. The van der Waals surface area contributed by atoms with Crippen molar-refractivity contribution >= 4 is 11.8 Å². The van der Waals surface area contributed by atoms with E-state index in [2.05, 4.69) is 52.5 Å². The molecular weight excluding hydrogens is 242 g/mol. The summed E-state index contributed by atoms with van der Waals surface area (Å²) in [6.45, 7) is 7.86. The molecule has 2 rings (SSSR count). The lowest BCUT2D eigenvalue weighted by molar-refractivity contribution is 0.868. The Hall–Kier alpha value is -1.55. The highest BCUT2D eigenvalue weighted by molar-refractivity contribution is 7.99. The van der Waals surface area contributed by atoms with Gasteiger partial charge < -0.3 is 0 Å². The normalized spacial score (nSPS) is 10.6. The van der Waals surface area contributed by atoms with Crippen molar-refractivity contribution < 1.29 is 0 Å². The second-order valence-corrected chi connectivity index (χ2v) is 4.97. The van der Waals surface area contributed by atoms with E-state index >= 15 is 0 Å². The summed E-state index contributed by atoms with van der Waals surface area (Å²) in [6, 6.07) is 8.54. The minimum atomic E-state index is 0.838. The van der Waals surface area contributed by atoms with E-state index in [0.717, 1.165) is 28.8 Å². The lowest BCUT2D eigenvalue weighted by Gasteiger charge is -2.08. The molecule has 0 aliphatic rings. The van der Waals surface area contributed by atoms with Crippen molar-refractivity contribution in [3.05, 3.63) is 48.3 Å². The monoisotopic (exact) mass is 259 g/mol. The molecule has 0 radical (unpaired) electrons. The highest BCUT2D eigenvalue weighted by atomic mass is 32.2. The van der Waals surface area contributed by atoms with Crippen LogP contribution in [-0.2, 0) is 6.42 Å². The number of thioether (sulfide) groups is 1. The fraction of sp³-hybridized carbons (Fsp3) is 0.286. The van der Waals surface area contributed by atoms with Crippen molar-refractivity contribution in [1.29, 1.82) is 0 Å². The van der Waals surface area contributed by atoms with Gasteiger partial charge in [0.25, 0.3) is 0 Å². The third-order valence-corrected chi connectivity index (χ3v) is 3.65. The molecule has 0 saturated heterocycles. The maximum absolute atomic E-state index is 4.20. The van der Waals surface area contributed by atoms with Crippen LogP contribution in [0.15, 0.2) is 42.1 Å². The molecule has 0 N–H and O–H groups in total. The molecule has 4 heteroatoms. The summed E-state index contributed by atoms with van der Waals surface area (Å²) in [6.07, 6.45) is 2.93. The van der Waals surface area contributed by atoms with Gasteiger partial charge in [0.1, 0.15) is 5.82 Å². The Bertz CT molecular complexity index is 528. The Morgan fingerprint density at radius 2 is 2.00 bits per heavy atom. The largest absolute Gasteiger partial charge is 0.274 e. The van der Waals surface area contributed by atoms with Crippen molar-refractivity contribution in [3.63, 3.8) is 0 Å². The smallest absolute Gasteiger partial charge is 0.196 e. The highest BCUT2D eigenvalue weighted by Crippen LogP contribution is 2.22. The molecule has 1 aromatic heterocycles. The molecule has 18 heavy (non-hydrogen) atoms. The third kappa shape index (κ3) is 2.64. The van der Waals surface area contributed by atoms with Crippen LogP contribution >= 0.6 is 11.8 Å². The summed E-state index contributed by atoms with van der Waals surface area (Å²) in [5, 5.41) is 9.26. The molecule has 0 spiro atoms. The van der Waals surface area contributed by atoms with Gasteiger partial charge in [0.2, 0.25) is 0 Å². The van der Waals surface area contributed by atoms with E-state index in [1.54, 1.807) is 11.8 Å². The van der Waals surface area contributed by atoms with Gasteiger partial charge in [-0.25, -0.2) is 0 Å². The van der Waals surface area contributed by atoms with Crippen molar-refractivity contribution in [3.8, 4) is 5.69 Å². The quantitative estimate of drug-likeness (QED) is 0.609. The van der Waals surface area contributed by atoms with E-state index in [-0.39, 0.29) is 0 Å². The van der Waals surface area contributed by atoms with Crippen molar-refractivity contribution in [2.24, 2.45) is 0 Å². The highest BCUT2D eigenvalue weighted by Gasteiger charge is 2.10. The molecule has 2 aromatic rings. The fourth-order valence-corrected chi connectivity index (χ4v) is 2.48. The lowest BCUT2D eigenvalue weighted by Crippen LogP contribution is -1.99. The molecule has 94 valence electrons. The van der Waals surface area contributed by atoms with Gasteiger partial charge in [0.05, 0.1) is 0 Å². The van der Waals surface area contributed by atoms with Crippen molar-refractivity contribution in [2.75, 3.05) is 5.75 Å². The van der Waals surface area contributed by atoms with Crippen molar-refractivity contribution in [2.45, 2.75) is 25.4 Å². The van der Waals surface area contributed by atoms with E-state index in [9.17, 15) is 0 Å². The minimum absolute atomic E-state index is 0.838. The predicted molar refractivity (Wildman–Crippen MR) is 76.4 cm³/mol. The van der Waals surface area contributed by atoms with Gasteiger partial charge in [-0.2, -0.15) is 0 Å². The zero-order valence-corrected chi connectivity index (χ0v) is 11.6. The molecule has 0 aliphatic carbocycles. The van der Waals surface area contributed by atoms with Crippen LogP contribution in [0.2, 0.25) is 0 Å². The number of benzene rings is 1. The topological polar surface area (TPSA) is 30.7 Å². The summed E-state index contributed by atoms with van der Waals surface area (Å²) in [5.41, 5.74) is 2.45. The van der Waals surface area contributed by atoms with Gasteiger partial charge in [0, 0.05) is 11.4 Å². The van der Waals surface area contributed by atoms with Gasteiger partial charge in [0.15, 0.2) is 5.16 Å². The zero-order chi connectivity index (χ0) is 13.0. The molecule has 0 atom stereocenters. The van der Waals surface area contributed by atoms with Crippen LogP contribution < -0.4 is 0 Å². The third-order valence-electron chi connectivity index (χ3n) is 2.73. The Labute approximate surface area is 112 Å². The van der Waals surface area contributed by atoms with Crippen LogP contribution in [0, 0.1) is 6.92 Å². The SMILES string of the molecule is C=CCSc1nnc(C)n1-c1ccc(CC)cc1. The molecule has 0 aliphatic heterocycles. The summed E-state index contributed by atoms with van der Waals surface area (Å²) >= 11 is 1.64. The van der Waals surface area contributed by atoms with Crippen LogP contribution in [0.4, 0.5) is 0 Å². The number of aryl methyl sites for hydroxylation is 2. The molecular formula is C14H17N3S. The number of hydrogen-bond acceptors (Lipinski definition) is 3. The Balaban J connectivity index is 2.35. The zero-order valence-electron chi connectivity index (χ0n) is 10.8. The average molecular weight is 259 g/mol. The minimum Gasteiger partial charge on any atom is -0.274 e. The maximum atomic E-state index is 4.20. The summed E-state index contributed by atoms with van der Waals surface area (Å²) < 4.78 is 2.08. The first-order valence-corrected chi connectivity index (χ1v) is 6.99. The maximum Gasteiger partial charge on any atom is 0.196 e. The van der Waals surface area contributed by atoms with Crippen molar-refractivity contribution in [1.82, 2.24) is 14.8 Å². The molecule has 0 unspecified atom stereocenters. The molecule has 0 amide bonds. The van der Waals surface area contributed by atoms with Gasteiger partial charge >= 0.3 is 0 Å². The van der Waals surface area contributed by atoms with E-state index < -0.39 is 0 Å². The van der Waals surface area contributed by atoms with Crippen LogP contribution in [-0.4, -0.2) is 20.5 Å². The predicted octanol–water partition coefficient (Wildman–Crippen LogP) is 3.42. The van der Waals surface area contributed by atoms with E-state index in [1.165, 1.54) is 5.56 Å². The Morgan fingerprint density at radius 3 is 2.61 bits per heavy atom. The standard InChI is InChI=1S/C14H17N3S/c1-4-10-18-14-16-15-11(3)17(14)13-8-6-12(5-2)7-9-13/h4,6-9H,1,5,10H2,2-3H3. The fourth-order valence-electron chi connectivity index (χ4n) is 1.75. The van der Waals surface area contributed by atoms with Crippen LogP contribution in [0.1, 0.15) is 18.3 Å². The van der Waals surface area contributed by atoms with Crippen LogP contribution in [0.3, 0.4) is 0 Å². The first kappa shape index (κ1) is 12.9. The van der Waals surface area contributed by atoms with Gasteiger partial charge in [-0.15, -0.1) is 16.8 Å². The molecule has 0 fully saturated rings. The number of aromatic nitrogens is 3.